The van der Waals surface area contributed by atoms with Gasteiger partial charge in [-0.15, -0.1) is 0 Å². The SMILES string of the molecule is Cc1cc(C)n(-c2ccc(CNS(=O)(=O)c3ccc(C#N)cc3)cn2)n1. The smallest absolute Gasteiger partial charge is 0.237 e. The lowest BCUT2D eigenvalue weighted by Gasteiger charge is -2.08. The molecule has 0 bridgehead atoms. The first-order valence-electron chi connectivity index (χ1n) is 7.87. The summed E-state index contributed by atoms with van der Waals surface area (Å²) in [6.07, 6.45) is 1.62. The molecule has 0 fully saturated rings. The highest BCUT2D eigenvalue weighted by molar-refractivity contribution is 7.89. The summed E-state index contributed by atoms with van der Waals surface area (Å²) >= 11 is 0. The van der Waals surface area contributed by atoms with Crippen LogP contribution in [0.3, 0.4) is 0 Å². The van der Waals surface area contributed by atoms with Gasteiger partial charge in [-0.2, -0.15) is 10.4 Å². The molecule has 2 aromatic heterocycles. The van der Waals surface area contributed by atoms with Crippen molar-refractivity contribution in [2.24, 2.45) is 0 Å². The number of hydrogen-bond donors (Lipinski definition) is 1. The standard InChI is InChI=1S/C18H17N5O2S/c1-13-9-14(2)23(22-13)18-8-5-16(11-20-18)12-21-26(24,25)17-6-3-15(10-19)4-7-17/h3-9,11,21H,12H2,1-2H3. The van der Waals surface area contributed by atoms with Crippen molar-refractivity contribution in [2.45, 2.75) is 25.3 Å². The van der Waals surface area contributed by atoms with E-state index in [0.29, 0.717) is 11.4 Å². The van der Waals surface area contributed by atoms with Crippen LogP contribution in [0, 0.1) is 25.2 Å². The molecule has 1 aromatic carbocycles. The summed E-state index contributed by atoms with van der Waals surface area (Å²) in [5.74, 6) is 0.675. The van der Waals surface area contributed by atoms with Gasteiger partial charge in [0, 0.05) is 18.4 Å². The van der Waals surface area contributed by atoms with Crippen molar-refractivity contribution in [1.29, 1.82) is 5.26 Å². The quantitative estimate of drug-likeness (QED) is 0.745. The van der Waals surface area contributed by atoms with Gasteiger partial charge in [-0.05, 0) is 55.8 Å². The summed E-state index contributed by atoms with van der Waals surface area (Å²) in [4.78, 5) is 4.46. The number of rotatable bonds is 5. The fraction of sp³-hybridized carbons (Fsp3) is 0.167. The maximum Gasteiger partial charge on any atom is 0.240 e. The van der Waals surface area contributed by atoms with E-state index >= 15 is 0 Å². The minimum Gasteiger partial charge on any atom is -0.237 e. The van der Waals surface area contributed by atoms with Crippen LogP contribution >= 0.6 is 0 Å². The molecule has 0 saturated heterocycles. The van der Waals surface area contributed by atoms with Crippen molar-refractivity contribution in [2.75, 3.05) is 0 Å². The highest BCUT2D eigenvalue weighted by Gasteiger charge is 2.14. The van der Waals surface area contributed by atoms with E-state index in [1.54, 1.807) is 23.0 Å². The molecule has 0 amide bonds. The van der Waals surface area contributed by atoms with Crippen LogP contribution in [0.15, 0.2) is 53.6 Å². The van der Waals surface area contributed by atoms with Crippen molar-refractivity contribution in [3.05, 3.63) is 71.2 Å². The number of sulfonamides is 1. The van der Waals surface area contributed by atoms with Crippen LogP contribution in [0.1, 0.15) is 22.5 Å². The number of nitrogens with zero attached hydrogens (tertiary/aromatic N) is 4. The Morgan fingerprint density at radius 1 is 1.15 bits per heavy atom. The van der Waals surface area contributed by atoms with Gasteiger partial charge in [-0.25, -0.2) is 22.8 Å². The Kier molecular flexibility index (Phi) is 4.84. The van der Waals surface area contributed by atoms with Crippen molar-refractivity contribution in [1.82, 2.24) is 19.5 Å². The van der Waals surface area contributed by atoms with E-state index < -0.39 is 10.0 Å². The monoisotopic (exact) mass is 367 g/mol. The van der Waals surface area contributed by atoms with Gasteiger partial charge < -0.3 is 0 Å². The molecule has 0 spiro atoms. The molecule has 0 atom stereocenters. The molecule has 0 aliphatic carbocycles. The van der Waals surface area contributed by atoms with Gasteiger partial charge in [0.25, 0.3) is 0 Å². The van der Waals surface area contributed by atoms with Gasteiger partial charge in [0.1, 0.15) is 0 Å². The van der Waals surface area contributed by atoms with Crippen LogP contribution in [0.5, 0.6) is 0 Å². The first kappa shape index (κ1) is 17.8. The largest absolute Gasteiger partial charge is 0.240 e. The molecule has 132 valence electrons. The molecule has 3 aromatic rings. The summed E-state index contributed by atoms with van der Waals surface area (Å²) < 4.78 is 28.9. The molecule has 1 N–H and O–H groups in total. The molecule has 8 heteroatoms. The Labute approximate surface area is 152 Å². The third-order valence-electron chi connectivity index (χ3n) is 3.80. The number of aryl methyl sites for hydroxylation is 2. The third kappa shape index (κ3) is 3.79. The first-order valence-corrected chi connectivity index (χ1v) is 9.36. The molecule has 0 radical (unpaired) electrons. The minimum absolute atomic E-state index is 0.115. The number of nitriles is 1. The average molecular weight is 367 g/mol. The second kappa shape index (κ2) is 7.07. The molecular weight excluding hydrogens is 350 g/mol. The van der Waals surface area contributed by atoms with Crippen LogP contribution in [-0.2, 0) is 16.6 Å². The van der Waals surface area contributed by atoms with Crippen LogP contribution in [0.4, 0.5) is 0 Å². The Balaban J connectivity index is 1.71. The van der Waals surface area contributed by atoms with Gasteiger partial charge in [-0.1, -0.05) is 6.07 Å². The van der Waals surface area contributed by atoms with Gasteiger partial charge in [0.05, 0.1) is 22.2 Å². The predicted molar refractivity (Wildman–Crippen MR) is 96.0 cm³/mol. The van der Waals surface area contributed by atoms with Crippen molar-refractivity contribution in [3.8, 4) is 11.9 Å². The average Bonchev–Trinajstić information content (AvgIpc) is 2.99. The maximum absolute atomic E-state index is 12.3. The van der Waals surface area contributed by atoms with Crippen LogP contribution in [0.2, 0.25) is 0 Å². The molecule has 0 aliphatic heterocycles. The van der Waals surface area contributed by atoms with Gasteiger partial charge >= 0.3 is 0 Å². The van der Waals surface area contributed by atoms with Gasteiger partial charge in [0.15, 0.2) is 5.82 Å². The Bertz CT molecular complexity index is 1060. The lowest BCUT2D eigenvalue weighted by Crippen LogP contribution is -2.23. The maximum atomic E-state index is 12.3. The number of pyridine rings is 1. The predicted octanol–water partition coefficient (Wildman–Crippen LogP) is 2.23. The molecule has 3 rings (SSSR count). The zero-order valence-corrected chi connectivity index (χ0v) is 15.2. The van der Waals surface area contributed by atoms with Crippen molar-refractivity contribution in [3.63, 3.8) is 0 Å². The second-order valence-electron chi connectivity index (χ2n) is 5.82. The molecule has 0 unspecified atom stereocenters. The molecular formula is C18H17N5O2S. The van der Waals surface area contributed by atoms with E-state index in [-0.39, 0.29) is 11.4 Å². The molecule has 0 aliphatic rings. The van der Waals surface area contributed by atoms with Crippen molar-refractivity contribution < 1.29 is 8.42 Å². The number of hydrogen-bond acceptors (Lipinski definition) is 5. The molecule has 26 heavy (non-hydrogen) atoms. The van der Waals surface area contributed by atoms with E-state index in [1.165, 1.54) is 24.3 Å². The zero-order valence-electron chi connectivity index (χ0n) is 14.3. The Morgan fingerprint density at radius 2 is 1.88 bits per heavy atom. The fourth-order valence-electron chi connectivity index (χ4n) is 2.48. The second-order valence-corrected chi connectivity index (χ2v) is 7.59. The van der Waals surface area contributed by atoms with E-state index in [2.05, 4.69) is 14.8 Å². The Hall–Kier alpha value is -3.02. The number of benzene rings is 1. The fourth-order valence-corrected chi connectivity index (χ4v) is 3.50. The molecule has 7 nitrogen and oxygen atoms in total. The summed E-state index contributed by atoms with van der Waals surface area (Å²) in [7, 11) is -3.65. The van der Waals surface area contributed by atoms with E-state index in [9.17, 15) is 8.42 Å². The Morgan fingerprint density at radius 3 is 2.42 bits per heavy atom. The molecule has 2 heterocycles. The lowest BCUT2D eigenvalue weighted by atomic mass is 10.2. The summed E-state index contributed by atoms with van der Waals surface area (Å²) in [5, 5.41) is 13.1. The van der Waals surface area contributed by atoms with E-state index in [0.717, 1.165) is 17.0 Å². The van der Waals surface area contributed by atoms with Crippen molar-refractivity contribution >= 4 is 10.0 Å². The van der Waals surface area contributed by atoms with Crippen LogP contribution < -0.4 is 4.72 Å². The lowest BCUT2D eigenvalue weighted by molar-refractivity contribution is 0.581. The zero-order chi connectivity index (χ0) is 18.7. The van der Waals surface area contributed by atoms with Crippen LogP contribution in [-0.4, -0.2) is 23.2 Å². The van der Waals surface area contributed by atoms with Gasteiger partial charge in [-0.3, -0.25) is 0 Å². The van der Waals surface area contributed by atoms with Crippen LogP contribution in [0.25, 0.3) is 5.82 Å². The van der Waals surface area contributed by atoms with E-state index in [1.807, 2.05) is 26.0 Å². The highest BCUT2D eigenvalue weighted by Crippen LogP contribution is 2.13. The number of nitrogens with one attached hydrogen (secondary N) is 1. The summed E-state index contributed by atoms with van der Waals surface area (Å²) in [6, 6.07) is 13.3. The normalized spacial score (nSPS) is 11.3. The minimum atomic E-state index is -3.65. The van der Waals surface area contributed by atoms with E-state index in [4.69, 9.17) is 5.26 Å². The molecule has 0 saturated carbocycles. The summed E-state index contributed by atoms with van der Waals surface area (Å²) in [6.45, 7) is 3.98. The van der Waals surface area contributed by atoms with Gasteiger partial charge in [0.2, 0.25) is 10.0 Å². The number of aromatic nitrogens is 3. The third-order valence-corrected chi connectivity index (χ3v) is 5.21. The first-order chi connectivity index (χ1) is 12.4. The topological polar surface area (TPSA) is 101 Å². The highest BCUT2D eigenvalue weighted by atomic mass is 32.2. The summed E-state index contributed by atoms with van der Waals surface area (Å²) in [5.41, 5.74) is 3.02.